The Morgan fingerprint density at radius 1 is 0.512 bits per heavy atom. The third-order valence-corrected chi connectivity index (χ3v) is 25.7. The summed E-state index contributed by atoms with van der Waals surface area (Å²) in [5.41, 5.74) is 4.07. The van der Waals surface area contributed by atoms with E-state index in [1.807, 2.05) is 36.4 Å². The molecule has 0 aromatic carbocycles. The van der Waals surface area contributed by atoms with E-state index in [4.69, 9.17) is 23.7 Å². The normalized spacial score (nSPS) is 41.1. The van der Waals surface area contributed by atoms with Crippen molar-refractivity contribution >= 4 is 0 Å². The number of aromatic nitrogens is 3. The third-order valence-electron chi connectivity index (χ3n) is 25.7. The van der Waals surface area contributed by atoms with Crippen molar-refractivity contribution in [3.05, 3.63) is 110 Å². The molecule has 12 heteroatoms. The van der Waals surface area contributed by atoms with Gasteiger partial charge in [0.2, 0.25) is 0 Å². The zero-order valence-corrected chi connectivity index (χ0v) is 53.7. The largest absolute Gasteiger partial charge is 0.493 e. The first-order chi connectivity index (χ1) is 41.1. The Hall–Kier alpha value is -4.17. The van der Waals surface area contributed by atoms with Gasteiger partial charge in [-0.15, -0.1) is 0 Å². The molecule has 4 N–H and O–H groups in total. The molecular weight excluding hydrogens is 1070 g/mol. The Balaban J connectivity index is 0.000000144. The van der Waals surface area contributed by atoms with E-state index in [-0.39, 0.29) is 46.6 Å². The highest BCUT2D eigenvalue weighted by Crippen LogP contribution is 2.69. The van der Waals surface area contributed by atoms with E-state index < -0.39 is 23.0 Å². The van der Waals surface area contributed by atoms with Crippen molar-refractivity contribution in [1.82, 2.24) is 15.0 Å². The number of hydrogen-bond donors (Lipinski definition) is 4. The molecule has 3 aromatic rings. The Morgan fingerprint density at radius 2 is 0.942 bits per heavy atom. The number of pyridine rings is 3. The number of aliphatic hydroxyl groups is 4. The molecule has 3 aromatic heterocycles. The van der Waals surface area contributed by atoms with Gasteiger partial charge in [0.25, 0.3) is 0 Å². The van der Waals surface area contributed by atoms with Gasteiger partial charge in [-0.1, -0.05) is 97.8 Å². The van der Waals surface area contributed by atoms with Crippen LogP contribution in [0.2, 0.25) is 0 Å². The first-order valence-corrected chi connectivity index (χ1v) is 33.6. The fourth-order valence-corrected chi connectivity index (χ4v) is 20.7. The van der Waals surface area contributed by atoms with E-state index in [9.17, 15) is 20.4 Å². The van der Waals surface area contributed by atoms with Crippen molar-refractivity contribution < 1.29 is 44.1 Å². The summed E-state index contributed by atoms with van der Waals surface area (Å²) >= 11 is 0. The quantitative estimate of drug-likeness (QED) is 0.107. The average molecular weight is 1180 g/mol. The number of hydrogen-bond acceptors (Lipinski definition) is 12. The van der Waals surface area contributed by atoms with Crippen LogP contribution in [-0.2, 0) is 9.47 Å². The minimum atomic E-state index is -0.421. The summed E-state index contributed by atoms with van der Waals surface area (Å²) in [4.78, 5) is 12.2. The second-order valence-electron chi connectivity index (χ2n) is 30.5. The number of rotatable bonds is 15. The summed E-state index contributed by atoms with van der Waals surface area (Å²) in [5.74, 6) is 6.63. The molecule has 8 aliphatic carbocycles. The number of fused-ring (bicyclic) bond motifs is 7. The van der Waals surface area contributed by atoms with E-state index in [0.717, 1.165) is 114 Å². The van der Waals surface area contributed by atoms with Crippen LogP contribution in [0.1, 0.15) is 183 Å². The summed E-state index contributed by atoms with van der Waals surface area (Å²) < 4.78 is 31.1. The fraction of sp³-hybridized carbons (Fsp3) is 0.716. The molecule has 4 heterocycles. The van der Waals surface area contributed by atoms with Gasteiger partial charge in [0, 0.05) is 59.3 Å². The lowest BCUT2D eigenvalue weighted by molar-refractivity contribution is -0.316. The Labute approximate surface area is 516 Å². The first-order valence-electron chi connectivity index (χ1n) is 33.6. The molecule has 9 aliphatic rings. The average Bonchev–Trinajstić information content (AvgIpc) is 0.821. The van der Waals surface area contributed by atoms with Crippen LogP contribution in [0.5, 0.6) is 17.2 Å². The smallest absolute Gasteiger partial charge is 0.160 e. The van der Waals surface area contributed by atoms with E-state index in [2.05, 4.69) is 83.2 Å². The van der Waals surface area contributed by atoms with Crippen molar-refractivity contribution in [2.45, 2.75) is 208 Å². The van der Waals surface area contributed by atoms with Crippen molar-refractivity contribution in [2.24, 2.45) is 85.2 Å². The molecule has 0 radical (unpaired) electrons. The minimum Gasteiger partial charge on any atom is -0.493 e. The molecule has 86 heavy (non-hydrogen) atoms. The maximum atomic E-state index is 10.8. The van der Waals surface area contributed by atoms with Crippen LogP contribution in [0.25, 0.3) is 0 Å². The van der Waals surface area contributed by atoms with Crippen LogP contribution in [0, 0.1) is 85.2 Å². The van der Waals surface area contributed by atoms with E-state index in [1.165, 1.54) is 68.1 Å². The highest BCUT2D eigenvalue weighted by Gasteiger charge is 2.64. The van der Waals surface area contributed by atoms with Crippen LogP contribution in [0.3, 0.4) is 0 Å². The molecule has 8 saturated carbocycles. The van der Waals surface area contributed by atoms with E-state index >= 15 is 0 Å². The van der Waals surface area contributed by atoms with Gasteiger partial charge in [-0.2, -0.15) is 0 Å². The summed E-state index contributed by atoms with van der Waals surface area (Å²) in [5, 5.41) is 41.5. The Kier molecular flexibility index (Phi) is 20.1. The van der Waals surface area contributed by atoms with Gasteiger partial charge in [0.15, 0.2) is 6.29 Å². The second kappa shape index (κ2) is 26.7. The van der Waals surface area contributed by atoms with Gasteiger partial charge in [-0.3, -0.25) is 15.0 Å². The molecule has 9 fully saturated rings. The molecule has 474 valence electrons. The van der Waals surface area contributed by atoms with Crippen molar-refractivity contribution in [2.75, 3.05) is 39.6 Å². The summed E-state index contributed by atoms with van der Waals surface area (Å²) in [6.45, 7) is 32.8. The highest BCUT2D eigenvalue weighted by molar-refractivity contribution is 5.24. The predicted octanol–water partition coefficient (Wildman–Crippen LogP) is 14.8. The number of allylic oxidation sites excluding steroid dienone is 3. The van der Waals surface area contributed by atoms with Crippen LogP contribution < -0.4 is 14.2 Å². The topological polar surface area (TPSA) is 166 Å². The van der Waals surface area contributed by atoms with Gasteiger partial charge in [-0.05, 0) is 221 Å². The molecule has 18 atom stereocenters. The van der Waals surface area contributed by atoms with Crippen molar-refractivity contribution in [1.29, 1.82) is 0 Å². The third kappa shape index (κ3) is 12.7. The minimum absolute atomic E-state index is 0.0352. The molecule has 1 aliphatic heterocycles. The molecule has 0 spiro atoms. The zero-order chi connectivity index (χ0) is 61.1. The molecule has 1 saturated heterocycles. The van der Waals surface area contributed by atoms with Crippen LogP contribution in [0.15, 0.2) is 110 Å². The Bertz CT molecular complexity index is 2730. The lowest BCUT2D eigenvalue weighted by Crippen LogP contribution is -2.62. The lowest BCUT2D eigenvalue weighted by atomic mass is 9.40. The molecule has 0 bridgehead atoms. The molecule has 4 unspecified atom stereocenters. The predicted molar refractivity (Wildman–Crippen MR) is 339 cm³/mol. The van der Waals surface area contributed by atoms with Gasteiger partial charge in [-0.25, -0.2) is 0 Å². The number of nitrogens with zero attached hydrogens (tertiary/aromatic N) is 3. The standard InChI is InChI=1S/C27H39NO3.C26H39NO3.C21H31NO3/c1-19-8-9-23-26(2,22(19)13-17-29-21-11-15-28-16-12-21)14-10-24-27(23,3)18-30-25(31-24)20-6-4-5-7-20;1-18-5-6-22-25(3,21(18)10-14-30-20-8-12-27-13-9-20)11-7-19-15-23(29)24(2,17-28)16-26(19,22)4;1-15-4-5-18-20(2,10-6-19(24)21(18,3)14-23)17(15)9-13-25-16-7-11-22-12-8-16/h11-12,15-16,20,22-25H,1,4-10,13-14,17-18H2,2-3H3;8-9,12-13,19,21-23,28-29H,1,5-7,10-11,14-17H2,2-4H3;7-8,11-12,17-19,23-24H,1,4-6,9-10,13-14H2,2-3H3/t22-,23?,24-,25-,26+,27+;19?,21-,22?,23-,24-,25+,26-;17-,18?,19-,20+,21+/m111/s1. The van der Waals surface area contributed by atoms with Gasteiger partial charge in [0.05, 0.1) is 58.0 Å². The molecular formula is C74H109N3O9. The number of ether oxygens (including phenoxy) is 5. The monoisotopic (exact) mass is 1180 g/mol. The first kappa shape index (κ1) is 64.8. The molecule has 12 rings (SSSR count). The van der Waals surface area contributed by atoms with Gasteiger partial charge < -0.3 is 44.1 Å². The number of aliphatic hydroxyl groups excluding tert-OH is 4. The highest BCUT2D eigenvalue weighted by atomic mass is 16.7. The van der Waals surface area contributed by atoms with Crippen LogP contribution >= 0.6 is 0 Å². The second-order valence-corrected chi connectivity index (χ2v) is 30.5. The zero-order valence-electron chi connectivity index (χ0n) is 53.7. The summed E-state index contributed by atoms with van der Waals surface area (Å²) in [6.07, 6.45) is 33.1. The maximum absolute atomic E-state index is 10.8. The molecule has 0 amide bonds. The van der Waals surface area contributed by atoms with E-state index in [1.54, 1.807) is 37.2 Å². The summed E-state index contributed by atoms with van der Waals surface area (Å²) in [6, 6.07) is 11.4. The lowest BCUT2D eigenvalue weighted by Gasteiger charge is -2.65. The van der Waals surface area contributed by atoms with Gasteiger partial charge in [0.1, 0.15) is 17.2 Å². The van der Waals surface area contributed by atoms with Gasteiger partial charge >= 0.3 is 0 Å². The fourth-order valence-electron chi connectivity index (χ4n) is 20.7. The van der Waals surface area contributed by atoms with E-state index in [0.29, 0.717) is 66.7 Å². The van der Waals surface area contributed by atoms with Crippen molar-refractivity contribution in [3.63, 3.8) is 0 Å². The van der Waals surface area contributed by atoms with Crippen molar-refractivity contribution in [3.8, 4) is 17.2 Å². The summed E-state index contributed by atoms with van der Waals surface area (Å²) in [7, 11) is 0. The van der Waals surface area contributed by atoms with Crippen LogP contribution in [-0.4, -0.2) is 99.6 Å². The van der Waals surface area contributed by atoms with Crippen LogP contribution in [0.4, 0.5) is 0 Å². The maximum Gasteiger partial charge on any atom is 0.160 e. The molecule has 12 nitrogen and oxygen atoms in total. The SMILES string of the molecule is C=C1CCC2[C@](C)(CO)[C@H](O)CC[C@@]2(C)[C@@H]1CCOc1ccncc1.C=C1CCC2[C@]3(C)CO[C@@H](C4CCCC4)O[C@@H]3CC[C@@]2(C)[C@@H]1CCOc1ccncc1.C=C1CCC2[C@]3(C)C[C@](C)(CO)[C@H](O)CC3CC[C@@]2(C)[C@@H]1CCOc1ccncc1. The Morgan fingerprint density at radius 3 is 1.41 bits per heavy atom.